The van der Waals surface area contributed by atoms with Gasteiger partial charge in [0.15, 0.2) is 0 Å². The minimum atomic E-state index is 0.900. The van der Waals surface area contributed by atoms with Gasteiger partial charge in [0, 0.05) is 6.07 Å². The molecule has 0 spiro atoms. The third-order valence-corrected chi connectivity index (χ3v) is 1.15. The summed E-state index contributed by atoms with van der Waals surface area (Å²) in [6, 6.07) is 5.70. The van der Waals surface area contributed by atoms with Gasteiger partial charge in [-0.2, -0.15) is 0 Å². The summed E-state index contributed by atoms with van der Waals surface area (Å²) < 4.78 is 1.53. The lowest BCUT2D eigenvalue weighted by molar-refractivity contribution is -0.624. The molecule has 3 N–H and O–H groups in total. The summed E-state index contributed by atoms with van der Waals surface area (Å²) in [5.41, 5.74) is 0. The van der Waals surface area contributed by atoms with Gasteiger partial charge in [-0.3, -0.25) is 11.2 Å². The number of nitrogens with one attached hydrogen (secondary N) is 1. The molecule has 0 radical (unpaired) electrons. The molecular formula is C6H10N3+. The summed E-state index contributed by atoms with van der Waals surface area (Å²) in [5.74, 6) is 6.39. The summed E-state index contributed by atoms with van der Waals surface area (Å²) in [6.45, 7) is 0. The normalized spacial score (nSPS) is 9.00. The number of hydrogen-bond donors (Lipinski definition) is 2. The van der Waals surface area contributed by atoms with E-state index in [2.05, 4.69) is 5.32 Å². The van der Waals surface area contributed by atoms with Gasteiger partial charge in [0.2, 0.25) is 0 Å². The van der Waals surface area contributed by atoms with Crippen LogP contribution < -0.4 is 15.8 Å². The highest BCUT2D eigenvalue weighted by molar-refractivity contribution is 5.25. The smallest absolute Gasteiger partial charge is 0.275 e. The first-order valence-electron chi connectivity index (χ1n) is 2.78. The molecule has 9 heavy (non-hydrogen) atoms. The van der Waals surface area contributed by atoms with Gasteiger partial charge in [0.1, 0.15) is 6.20 Å². The zero-order valence-electron chi connectivity index (χ0n) is 5.33. The Kier molecular flexibility index (Phi) is 1.53. The first kappa shape index (κ1) is 5.88. The van der Waals surface area contributed by atoms with E-state index in [4.69, 9.17) is 5.84 Å². The van der Waals surface area contributed by atoms with Gasteiger partial charge < -0.3 is 0 Å². The van der Waals surface area contributed by atoms with Crippen LogP contribution >= 0.6 is 0 Å². The summed E-state index contributed by atoms with van der Waals surface area (Å²) >= 11 is 0. The first-order valence-corrected chi connectivity index (χ1v) is 2.78. The van der Waals surface area contributed by atoms with E-state index in [0.717, 1.165) is 5.82 Å². The minimum Gasteiger partial charge on any atom is -0.275 e. The number of hydrogen-bond acceptors (Lipinski definition) is 2. The van der Waals surface area contributed by atoms with E-state index in [9.17, 15) is 0 Å². The molecule has 0 atom stereocenters. The van der Waals surface area contributed by atoms with Crippen LogP contribution in [-0.2, 0) is 0 Å². The van der Waals surface area contributed by atoms with Crippen LogP contribution in [0.2, 0.25) is 0 Å². The van der Waals surface area contributed by atoms with E-state index in [0.29, 0.717) is 0 Å². The Hall–Kier alpha value is -1.25. The molecule has 0 bridgehead atoms. The van der Waals surface area contributed by atoms with Crippen molar-refractivity contribution in [2.24, 2.45) is 0 Å². The van der Waals surface area contributed by atoms with Crippen LogP contribution in [-0.4, -0.2) is 7.05 Å². The van der Waals surface area contributed by atoms with Crippen molar-refractivity contribution in [1.29, 1.82) is 0 Å². The molecule has 1 rings (SSSR count). The van der Waals surface area contributed by atoms with Gasteiger partial charge in [-0.15, -0.1) is 4.68 Å². The maximum atomic E-state index is 5.49. The molecule has 0 unspecified atom stereocenters. The van der Waals surface area contributed by atoms with Crippen molar-refractivity contribution in [1.82, 2.24) is 0 Å². The molecule has 3 heteroatoms. The van der Waals surface area contributed by atoms with Crippen molar-refractivity contribution in [3.63, 3.8) is 0 Å². The van der Waals surface area contributed by atoms with Crippen LogP contribution in [0.25, 0.3) is 0 Å². The highest BCUT2D eigenvalue weighted by atomic mass is 15.3. The molecule has 0 aliphatic carbocycles. The Morgan fingerprint density at radius 3 is 2.78 bits per heavy atom. The van der Waals surface area contributed by atoms with Crippen molar-refractivity contribution in [3.8, 4) is 0 Å². The molecule has 0 saturated heterocycles. The highest BCUT2D eigenvalue weighted by Gasteiger charge is 1.96. The Bertz CT molecular complexity index is 197. The number of aromatic nitrogens is 1. The van der Waals surface area contributed by atoms with Crippen molar-refractivity contribution in [2.75, 3.05) is 18.2 Å². The Labute approximate surface area is 54.1 Å². The number of nitrogen functional groups attached to an aromatic ring is 1. The van der Waals surface area contributed by atoms with E-state index >= 15 is 0 Å². The molecule has 48 valence electrons. The van der Waals surface area contributed by atoms with Gasteiger partial charge in [-0.25, -0.2) is 0 Å². The van der Waals surface area contributed by atoms with E-state index < -0.39 is 0 Å². The number of anilines is 1. The van der Waals surface area contributed by atoms with Gasteiger partial charge in [0.05, 0.1) is 7.05 Å². The lowest BCUT2D eigenvalue weighted by atomic mass is 10.5. The summed E-state index contributed by atoms with van der Waals surface area (Å²) in [4.78, 5) is 0. The van der Waals surface area contributed by atoms with Gasteiger partial charge in [0.25, 0.3) is 5.82 Å². The van der Waals surface area contributed by atoms with Crippen LogP contribution in [0.15, 0.2) is 24.4 Å². The molecule has 3 nitrogen and oxygen atoms in total. The molecule has 1 aromatic rings. The van der Waals surface area contributed by atoms with E-state index in [-0.39, 0.29) is 0 Å². The number of pyridine rings is 1. The molecular weight excluding hydrogens is 114 g/mol. The van der Waals surface area contributed by atoms with Gasteiger partial charge in [-0.05, 0) is 6.07 Å². The predicted octanol–water partition coefficient (Wildman–Crippen LogP) is -0.270. The van der Waals surface area contributed by atoms with Gasteiger partial charge in [-0.1, -0.05) is 6.07 Å². The second-order valence-corrected chi connectivity index (χ2v) is 1.74. The highest BCUT2D eigenvalue weighted by Crippen LogP contribution is 1.91. The van der Waals surface area contributed by atoms with Crippen molar-refractivity contribution in [2.45, 2.75) is 0 Å². The molecule has 0 aromatic carbocycles. The lowest BCUT2D eigenvalue weighted by Gasteiger charge is -1.94. The number of rotatable bonds is 1. The minimum absolute atomic E-state index is 0.900. The average molecular weight is 124 g/mol. The van der Waals surface area contributed by atoms with Crippen molar-refractivity contribution >= 4 is 5.82 Å². The van der Waals surface area contributed by atoms with E-state index in [1.54, 1.807) is 6.20 Å². The van der Waals surface area contributed by atoms with Crippen LogP contribution in [0.5, 0.6) is 0 Å². The van der Waals surface area contributed by atoms with Crippen LogP contribution in [0, 0.1) is 0 Å². The lowest BCUT2D eigenvalue weighted by Crippen LogP contribution is -2.45. The molecule has 0 aliphatic heterocycles. The van der Waals surface area contributed by atoms with Gasteiger partial charge >= 0.3 is 0 Å². The van der Waals surface area contributed by atoms with E-state index in [1.165, 1.54) is 4.68 Å². The average Bonchev–Trinajstić information content (AvgIpc) is 1.89. The van der Waals surface area contributed by atoms with Crippen LogP contribution in [0.4, 0.5) is 5.82 Å². The Morgan fingerprint density at radius 2 is 2.33 bits per heavy atom. The number of nitrogens with zero attached hydrogens (tertiary/aromatic N) is 1. The molecule has 0 amide bonds. The summed E-state index contributed by atoms with van der Waals surface area (Å²) in [5, 5.41) is 2.93. The Balaban J connectivity index is 3.01. The van der Waals surface area contributed by atoms with Crippen molar-refractivity contribution < 1.29 is 4.68 Å². The fourth-order valence-corrected chi connectivity index (χ4v) is 0.668. The zero-order valence-corrected chi connectivity index (χ0v) is 5.33. The maximum absolute atomic E-state index is 5.49. The quantitative estimate of drug-likeness (QED) is 0.399. The monoisotopic (exact) mass is 124 g/mol. The second-order valence-electron chi connectivity index (χ2n) is 1.74. The van der Waals surface area contributed by atoms with Crippen molar-refractivity contribution in [3.05, 3.63) is 24.4 Å². The molecule has 0 aliphatic rings. The standard InChI is InChI=1S/C6H9N3/c1-8-6-4-2-3-5-9(6)7/h2-5H,7H2,1H3/p+1. The SMILES string of the molecule is CNc1cccc[n+]1N. The maximum Gasteiger partial charge on any atom is 0.297 e. The van der Waals surface area contributed by atoms with Crippen LogP contribution in [0.1, 0.15) is 0 Å². The third-order valence-electron chi connectivity index (χ3n) is 1.15. The first-order chi connectivity index (χ1) is 4.34. The fourth-order valence-electron chi connectivity index (χ4n) is 0.668. The third kappa shape index (κ3) is 1.10. The molecule has 0 fully saturated rings. The number of nitrogens with two attached hydrogens (primary N) is 1. The topological polar surface area (TPSA) is 41.9 Å². The molecule has 1 aromatic heterocycles. The fraction of sp³-hybridized carbons (Fsp3) is 0.167. The molecule has 0 saturated carbocycles. The Morgan fingerprint density at radius 1 is 1.56 bits per heavy atom. The second kappa shape index (κ2) is 2.35. The van der Waals surface area contributed by atoms with Crippen LogP contribution in [0.3, 0.4) is 0 Å². The summed E-state index contributed by atoms with van der Waals surface area (Å²) in [7, 11) is 1.83. The summed E-state index contributed by atoms with van der Waals surface area (Å²) in [6.07, 6.45) is 1.78. The largest absolute Gasteiger partial charge is 0.297 e. The zero-order chi connectivity index (χ0) is 6.69. The predicted molar refractivity (Wildman–Crippen MR) is 36.3 cm³/mol. The molecule has 1 heterocycles. The van der Waals surface area contributed by atoms with E-state index in [1.807, 2.05) is 25.2 Å².